The van der Waals surface area contributed by atoms with E-state index in [4.69, 9.17) is 4.74 Å². The number of benzene rings is 2. The van der Waals surface area contributed by atoms with Crippen molar-refractivity contribution in [3.8, 4) is 5.75 Å². The Morgan fingerprint density at radius 2 is 1.67 bits per heavy atom. The summed E-state index contributed by atoms with van der Waals surface area (Å²) in [5.41, 5.74) is 5.66. The quantitative estimate of drug-likeness (QED) is 0.764. The highest BCUT2D eigenvalue weighted by molar-refractivity contribution is 9.10. The molecule has 2 aromatic rings. The van der Waals surface area contributed by atoms with Crippen LogP contribution in [0.15, 0.2) is 53.0 Å². The van der Waals surface area contributed by atoms with Gasteiger partial charge in [-0.05, 0) is 65.7 Å². The Morgan fingerprint density at radius 3 is 2.29 bits per heavy atom. The molecule has 0 bridgehead atoms. The lowest BCUT2D eigenvalue weighted by molar-refractivity contribution is 0.0846. The topological polar surface area (TPSA) is 67.4 Å². The molecule has 0 spiro atoms. The Hall–Kier alpha value is -2.34. The molecule has 2 amide bonds. The second-order valence-corrected chi connectivity index (χ2v) is 6.10. The molecule has 1 atom stereocenters. The minimum Gasteiger partial charge on any atom is -0.491 e. The van der Waals surface area contributed by atoms with E-state index in [2.05, 4.69) is 26.8 Å². The number of amides is 2. The van der Waals surface area contributed by atoms with Gasteiger partial charge in [-0.1, -0.05) is 19.1 Å². The molecular weight excluding hydrogens is 372 g/mol. The van der Waals surface area contributed by atoms with E-state index in [-0.39, 0.29) is 6.10 Å². The molecule has 126 valence electrons. The summed E-state index contributed by atoms with van der Waals surface area (Å²) < 4.78 is 6.32. The second-order valence-electron chi connectivity index (χ2n) is 5.25. The van der Waals surface area contributed by atoms with Crippen LogP contribution in [0.4, 0.5) is 0 Å². The van der Waals surface area contributed by atoms with E-state index >= 15 is 0 Å². The van der Waals surface area contributed by atoms with Crippen molar-refractivity contribution in [1.29, 1.82) is 0 Å². The minimum atomic E-state index is -0.398. The molecule has 0 aliphatic rings. The van der Waals surface area contributed by atoms with Crippen LogP contribution < -0.4 is 15.6 Å². The highest BCUT2D eigenvalue weighted by Crippen LogP contribution is 2.16. The Labute approximate surface area is 149 Å². The Kier molecular flexibility index (Phi) is 6.37. The van der Waals surface area contributed by atoms with Crippen molar-refractivity contribution in [2.24, 2.45) is 0 Å². The number of ether oxygens (including phenoxy) is 1. The summed E-state index contributed by atoms with van der Waals surface area (Å²) in [6.07, 6.45) is 1.02. The number of halogens is 1. The molecule has 0 aromatic heterocycles. The van der Waals surface area contributed by atoms with Crippen LogP contribution >= 0.6 is 15.9 Å². The number of rotatable bonds is 5. The van der Waals surface area contributed by atoms with E-state index in [0.29, 0.717) is 21.3 Å². The van der Waals surface area contributed by atoms with E-state index in [1.54, 1.807) is 42.5 Å². The van der Waals surface area contributed by atoms with Crippen LogP contribution in [-0.2, 0) is 0 Å². The van der Waals surface area contributed by atoms with Crippen LogP contribution in [-0.4, -0.2) is 17.9 Å². The van der Waals surface area contributed by atoms with Gasteiger partial charge in [0.05, 0.1) is 11.7 Å². The van der Waals surface area contributed by atoms with Crippen molar-refractivity contribution in [2.45, 2.75) is 26.4 Å². The normalized spacial score (nSPS) is 11.5. The molecule has 0 fully saturated rings. The van der Waals surface area contributed by atoms with Crippen molar-refractivity contribution in [1.82, 2.24) is 10.9 Å². The third-order valence-electron chi connectivity index (χ3n) is 3.44. The predicted octanol–water partition coefficient (Wildman–Crippen LogP) is 3.70. The molecule has 0 saturated carbocycles. The fourth-order valence-corrected chi connectivity index (χ4v) is 2.36. The number of carbonyl (C=O) groups is 2. The minimum absolute atomic E-state index is 0.119. The van der Waals surface area contributed by atoms with Crippen LogP contribution in [0, 0.1) is 0 Å². The fourth-order valence-electron chi connectivity index (χ4n) is 1.90. The van der Waals surface area contributed by atoms with Crippen LogP contribution in [0.25, 0.3) is 0 Å². The monoisotopic (exact) mass is 390 g/mol. The summed E-state index contributed by atoms with van der Waals surface area (Å²) in [6, 6.07) is 13.7. The lowest BCUT2D eigenvalue weighted by atomic mass is 10.2. The molecule has 0 aliphatic carbocycles. The SMILES string of the molecule is CCC(C)Oc1ccc(C(=O)NNC(=O)c2ccccc2Br)cc1. The first-order chi connectivity index (χ1) is 11.5. The molecule has 2 rings (SSSR count). The Balaban J connectivity index is 1.93. The van der Waals surface area contributed by atoms with Crippen LogP contribution in [0.3, 0.4) is 0 Å². The summed E-state index contributed by atoms with van der Waals surface area (Å²) in [4.78, 5) is 24.1. The van der Waals surface area contributed by atoms with E-state index in [0.717, 1.165) is 6.42 Å². The van der Waals surface area contributed by atoms with Gasteiger partial charge in [-0.15, -0.1) is 0 Å². The maximum Gasteiger partial charge on any atom is 0.270 e. The summed E-state index contributed by atoms with van der Waals surface area (Å²) in [6.45, 7) is 4.03. The lowest BCUT2D eigenvalue weighted by Gasteiger charge is -2.13. The molecule has 0 heterocycles. The molecule has 0 radical (unpaired) electrons. The third-order valence-corrected chi connectivity index (χ3v) is 4.13. The van der Waals surface area contributed by atoms with Crippen molar-refractivity contribution in [3.05, 3.63) is 64.1 Å². The largest absolute Gasteiger partial charge is 0.491 e. The third kappa shape index (κ3) is 4.83. The molecule has 1 unspecified atom stereocenters. The van der Waals surface area contributed by atoms with Gasteiger partial charge < -0.3 is 4.74 Å². The maximum atomic E-state index is 12.1. The predicted molar refractivity (Wildman–Crippen MR) is 95.9 cm³/mol. The molecular formula is C18H19BrN2O3. The number of carbonyl (C=O) groups excluding carboxylic acids is 2. The molecule has 0 saturated heterocycles. The Morgan fingerprint density at radius 1 is 1.04 bits per heavy atom. The second kappa shape index (κ2) is 8.49. The van der Waals surface area contributed by atoms with Crippen molar-refractivity contribution >= 4 is 27.7 Å². The van der Waals surface area contributed by atoms with Gasteiger partial charge in [0.1, 0.15) is 5.75 Å². The fraction of sp³-hybridized carbons (Fsp3) is 0.222. The van der Waals surface area contributed by atoms with E-state index < -0.39 is 11.8 Å². The smallest absolute Gasteiger partial charge is 0.270 e. The van der Waals surface area contributed by atoms with Gasteiger partial charge >= 0.3 is 0 Å². The number of hydrogen-bond acceptors (Lipinski definition) is 3. The standard InChI is InChI=1S/C18H19BrN2O3/c1-3-12(2)24-14-10-8-13(9-11-14)17(22)20-21-18(23)15-6-4-5-7-16(15)19/h4-12H,3H2,1-2H3,(H,20,22)(H,21,23). The van der Waals surface area contributed by atoms with Gasteiger partial charge in [0.25, 0.3) is 11.8 Å². The van der Waals surface area contributed by atoms with Crippen molar-refractivity contribution < 1.29 is 14.3 Å². The van der Waals surface area contributed by atoms with Crippen LogP contribution in [0.2, 0.25) is 0 Å². The first-order valence-electron chi connectivity index (χ1n) is 7.63. The van der Waals surface area contributed by atoms with Gasteiger partial charge in [-0.3, -0.25) is 20.4 Å². The number of hydrazine groups is 1. The summed E-state index contributed by atoms with van der Waals surface area (Å²) >= 11 is 3.29. The van der Waals surface area contributed by atoms with Crippen LogP contribution in [0.5, 0.6) is 5.75 Å². The molecule has 5 nitrogen and oxygen atoms in total. The summed E-state index contributed by atoms with van der Waals surface area (Å²) in [5, 5.41) is 0. The van der Waals surface area contributed by atoms with Crippen molar-refractivity contribution in [3.63, 3.8) is 0 Å². The number of hydrogen-bond donors (Lipinski definition) is 2. The average molecular weight is 391 g/mol. The maximum absolute atomic E-state index is 12.1. The number of nitrogens with one attached hydrogen (secondary N) is 2. The van der Waals surface area contributed by atoms with E-state index in [9.17, 15) is 9.59 Å². The van der Waals surface area contributed by atoms with E-state index in [1.165, 1.54) is 0 Å². The molecule has 2 aromatic carbocycles. The van der Waals surface area contributed by atoms with Crippen LogP contribution in [0.1, 0.15) is 41.0 Å². The lowest BCUT2D eigenvalue weighted by Crippen LogP contribution is -2.41. The first-order valence-corrected chi connectivity index (χ1v) is 8.42. The highest BCUT2D eigenvalue weighted by Gasteiger charge is 2.11. The molecule has 24 heavy (non-hydrogen) atoms. The van der Waals surface area contributed by atoms with Gasteiger partial charge in [0, 0.05) is 10.0 Å². The molecule has 2 N–H and O–H groups in total. The summed E-state index contributed by atoms with van der Waals surface area (Å²) in [7, 11) is 0. The first kappa shape index (κ1) is 18.0. The van der Waals surface area contributed by atoms with E-state index in [1.807, 2.05) is 19.9 Å². The van der Waals surface area contributed by atoms with Gasteiger partial charge in [0.2, 0.25) is 0 Å². The van der Waals surface area contributed by atoms with Gasteiger partial charge in [-0.25, -0.2) is 0 Å². The van der Waals surface area contributed by atoms with Gasteiger partial charge in [0.15, 0.2) is 0 Å². The summed E-state index contributed by atoms with van der Waals surface area (Å²) in [5.74, 6) is -0.0869. The zero-order valence-corrected chi connectivity index (χ0v) is 15.1. The Bertz CT molecular complexity index is 716. The highest BCUT2D eigenvalue weighted by atomic mass is 79.9. The molecule has 0 aliphatic heterocycles. The zero-order valence-electron chi connectivity index (χ0n) is 13.5. The average Bonchev–Trinajstić information content (AvgIpc) is 2.60. The van der Waals surface area contributed by atoms with Crippen molar-refractivity contribution in [2.75, 3.05) is 0 Å². The zero-order chi connectivity index (χ0) is 17.5. The van der Waals surface area contributed by atoms with Gasteiger partial charge in [-0.2, -0.15) is 0 Å². The molecule has 6 heteroatoms.